The summed E-state index contributed by atoms with van der Waals surface area (Å²) in [7, 11) is 0. The van der Waals surface area contributed by atoms with Crippen molar-refractivity contribution in [1.82, 2.24) is 0 Å². The fourth-order valence-electron chi connectivity index (χ4n) is 3.10. The molecular formula is C26H18N4O6S. The lowest BCUT2D eigenvalue weighted by atomic mass is 10.0. The maximum atomic E-state index is 11.5. The molecule has 0 saturated heterocycles. The van der Waals surface area contributed by atoms with Crippen LogP contribution in [-0.2, 0) is 19.2 Å². The highest BCUT2D eigenvalue weighted by molar-refractivity contribution is 7.99. The van der Waals surface area contributed by atoms with Crippen LogP contribution in [0, 0.1) is 0 Å². The van der Waals surface area contributed by atoms with E-state index in [2.05, 4.69) is 21.1 Å². The third kappa shape index (κ3) is 6.55. The lowest BCUT2D eigenvalue weighted by molar-refractivity contribution is -0.135. The molecule has 37 heavy (non-hydrogen) atoms. The van der Waals surface area contributed by atoms with E-state index in [1.165, 1.54) is 48.2 Å². The molecule has 2 aliphatic carbocycles. The minimum Gasteiger partial charge on any atom is -0.478 e. The molecule has 0 aliphatic heterocycles. The Balaban J connectivity index is 1.34. The fraction of sp³-hybridized carbons (Fsp3) is 0. The summed E-state index contributed by atoms with van der Waals surface area (Å²) in [5.74, 6) is -3.75. The molecular weight excluding hydrogens is 496 g/mol. The van der Waals surface area contributed by atoms with Crippen molar-refractivity contribution in [1.29, 1.82) is 0 Å². The Morgan fingerprint density at radius 2 is 1.00 bits per heavy atom. The summed E-state index contributed by atoms with van der Waals surface area (Å²) in [6.45, 7) is 0. The van der Waals surface area contributed by atoms with Gasteiger partial charge in [-0.1, -0.05) is 11.8 Å². The molecule has 2 aliphatic rings. The number of carbonyl (C=O) groups excluding carboxylic acids is 2. The number of allylic oxidation sites excluding steroid dienone is 6. The zero-order valence-electron chi connectivity index (χ0n) is 18.9. The van der Waals surface area contributed by atoms with Crippen molar-refractivity contribution in [3.63, 3.8) is 0 Å². The van der Waals surface area contributed by atoms with Crippen molar-refractivity contribution in [3.05, 3.63) is 96.1 Å². The molecule has 0 fully saturated rings. The van der Waals surface area contributed by atoms with Crippen LogP contribution in [-0.4, -0.2) is 45.1 Å². The Bertz CT molecular complexity index is 1350. The number of rotatable bonds is 8. The molecule has 4 N–H and O–H groups in total. The Labute approximate surface area is 214 Å². The van der Waals surface area contributed by atoms with E-state index in [9.17, 15) is 19.2 Å². The fourth-order valence-corrected chi connectivity index (χ4v) is 3.92. The lowest BCUT2D eigenvalue weighted by Crippen LogP contribution is -2.15. The zero-order chi connectivity index (χ0) is 26.4. The van der Waals surface area contributed by atoms with Crippen LogP contribution < -0.4 is 10.9 Å². The first-order valence-electron chi connectivity index (χ1n) is 10.7. The number of hydrazone groups is 2. The van der Waals surface area contributed by atoms with E-state index >= 15 is 0 Å². The van der Waals surface area contributed by atoms with Crippen LogP contribution in [0.3, 0.4) is 0 Å². The van der Waals surface area contributed by atoms with E-state index in [4.69, 9.17) is 10.2 Å². The molecule has 0 unspecified atom stereocenters. The highest BCUT2D eigenvalue weighted by atomic mass is 32.2. The minimum atomic E-state index is -1.30. The number of aliphatic carboxylic acids is 2. The molecule has 0 aromatic heterocycles. The van der Waals surface area contributed by atoms with Crippen LogP contribution >= 0.6 is 11.8 Å². The number of anilines is 2. The van der Waals surface area contributed by atoms with Crippen molar-refractivity contribution in [2.45, 2.75) is 9.79 Å². The van der Waals surface area contributed by atoms with Crippen LogP contribution in [0.2, 0.25) is 0 Å². The molecule has 2 aromatic rings. The number of hydrogen-bond acceptors (Lipinski definition) is 9. The summed E-state index contributed by atoms with van der Waals surface area (Å²) in [6.07, 6.45) is 7.63. The molecule has 184 valence electrons. The van der Waals surface area contributed by atoms with Gasteiger partial charge in [0.25, 0.3) is 0 Å². The smallest absolute Gasteiger partial charge is 0.339 e. The second kappa shape index (κ2) is 11.1. The van der Waals surface area contributed by atoms with Crippen molar-refractivity contribution in [2.75, 3.05) is 10.9 Å². The Morgan fingerprint density at radius 3 is 1.35 bits per heavy atom. The van der Waals surface area contributed by atoms with E-state index in [0.717, 1.165) is 9.79 Å². The first-order valence-corrected chi connectivity index (χ1v) is 11.5. The van der Waals surface area contributed by atoms with E-state index in [0.29, 0.717) is 22.8 Å². The molecule has 0 bridgehead atoms. The first kappa shape index (κ1) is 25.1. The molecule has 10 nitrogen and oxygen atoms in total. The van der Waals surface area contributed by atoms with Gasteiger partial charge in [0.2, 0.25) is 0 Å². The van der Waals surface area contributed by atoms with E-state index in [1.807, 2.05) is 48.5 Å². The van der Waals surface area contributed by atoms with Crippen LogP contribution in [0.1, 0.15) is 0 Å². The topological polar surface area (TPSA) is 158 Å². The Kier molecular flexibility index (Phi) is 7.55. The van der Waals surface area contributed by atoms with E-state index < -0.39 is 23.5 Å². The van der Waals surface area contributed by atoms with Gasteiger partial charge in [-0.25, -0.2) is 9.59 Å². The lowest BCUT2D eigenvalue weighted by Gasteiger charge is -2.08. The summed E-state index contributed by atoms with van der Waals surface area (Å²) in [6, 6.07) is 14.9. The molecule has 0 radical (unpaired) electrons. The van der Waals surface area contributed by atoms with Crippen LogP contribution in [0.15, 0.2) is 116 Å². The predicted octanol–water partition coefficient (Wildman–Crippen LogP) is 3.67. The molecule has 0 spiro atoms. The number of carboxylic acid groups (broad SMARTS) is 2. The van der Waals surface area contributed by atoms with Gasteiger partial charge >= 0.3 is 11.9 Å². The average molecular weight is 515 g/mol. The standard InChI is InChI=1S/C26H18N4O6S/c31-23-11-5-17(13-21(23)25(33)34)29-27-15-1-7-19(8-2-15)37-20-9-3-16(4-10-20)28-30-18-6-12-24(32)22(14-18)26(35)36/h1-14,27-28H,(H,33,34)(H,35,36)/b29-17-,30-18+. The summed E-state index contributed by atoms with van der Waals surface area (Å²) >= 11 is 1.53. The molecule has 2 aromatic carbocycles. The first-order chi connectivity index (χ1) is 17.8. The van der Waals surface area contributed by atoms with Crippen LogP contribution in [0.25, 0.3) is 0 Å². The molecule has 11 heteroatoms. The number of benzene rings is 2. The number of nitrogens with zero attached hydrogens (tertiary/aromatic N) is 2. The van der Waals surface area contributed by atoms with Gasteiger partial charge in [-0.05, 0) is 85.0 Å². The number of carbonyl (C=O) groups is 4. The normalized spacial score (nSPS) is 17.0. The SMILES string of the molecule is O=C(O)C1=C/C(=N\Nc2ccc(Sc3ccc(N/N=C4\C=CC(=O)C(C(=O)O)=C4)cc3)cc2)C=CC1=O. The van der Waals surface area contributed by atoms with Crippen LogP contribution in [0.4, 0.5) is 11.4 Å². The van der Waals surface area contributed by atoms with E-state index in [-0.39, 0.29) is 11.1 Å². The number of nitrogens with one attached hydrogen (secondary N) is 2. The predicted molar refractivity (Wildman–Crippen MR) is 139 cm³/mol. The quantitative estimate of drug-likeness (QED) is 0.234. The van der Waals surface area contributed by atoms with Crippen LogP contribution in [0.5, 0.6) is 0 Å². The maximum absolute atomic E-state index is 11.5. The summed E-state index contributed by atoms with van der Waals surface area (Å²) in [5, 5.41) is 26.3. The summed E-state index contributed by atoms with van der Waals surface area (Å²) < 4.78 is 0. The molecule has 0 atom stereocenters. The van der Waals surface area contributed by atoms with Gasteiger partial charge in [-0.15, -0.1) is 0 Å². The van der Waals surface area contributed by atoms with Gasteiger partial charge in [0.15, 0.2) is 11.6 Å². The van der Waals surface area contributed by atoms with Gasteiger partial charge in [0.1, 0.15) is 11.1 Å². The largest absolute Gasteiger partial charge is 0.478 e. The monoisotopic (exact) mass is 514 g/mol. The third-order valence-electron chi connectivity index (χ3n) is 4.96. The van der Waals surface area contributed by atoms with Crippen molar-refractivity contribution < 1.29 is 29.4 Å². The minimum absolute atomic E-state index is 0.320. The molecule has 4 rings (SSSR count). The highest BCUT2D eigenvalue weighted by Crippen LogP contribution is 2.29. The van der Waals surface area contributed by atoms with Crippen molar-refractivity contribution in [3.8, 4) is 0 Å². The summed E-state index contributed by atoms with van der Waals surface area (Å²) in [4.78, 5) is 47.2. The van der Waals surface area contributed by atoms with Gasteiger partial charge in [0, 0.05) is 9.79 Å². The van der Waals surface area contributed by atoms with Gasteiger partial charge in [0.05, 0.1) is 22.8 Å². The zero-order valence-corrected chi connectivity index (χ0v) is 19.7. The van der Waals surface area contributed by atoms with Gasteiger partial charge in [-0.2, -0.15) is 10.2 Å². The van der Waals surface area contributed by atoms with Crippen molar-refractivity contribution >= 4 is 58.1 Å². The van der Waals surface area contributed by atoms with Gasteiger partial charge < -0.3 is 10.2 Å². The number of carboxylic acids is 2. The second-order valence-corrected chi connectivity index (χ2v) is 8.72. The molecule has 0 heterocycles. The Hall–Kier alpha value is -5.03. The molecule has 0 saturated carbocycles. The summed E-state index contributed by atoms with van der Waals surface area (Å²) in [5.41, 5.74) is 7.01. The number of hydrogen-bond donors (Lipinski definition) is 4. The van der Waals surface area contributed by atoms with Crippen molar-refractivity contribution in [2.24, 2.45) is 10.2 Å². The van der Waals surface area contributed by atoms with Gasteiger partial charge in [-0.3, -0.25) is 20.4 Å². The highest BCUT2D eigenvalue weighted by Gasteiger charge is 2.19. The number of ketones is 2. The second-order valence-electron chi connectivity index (χ2n) is 7.57. The third-order valence-corrected chi connectivity index (χ3v) is 5.98. The Morgan fingerprint density at radius 1 is 0.622 bits per heavy atom. The van der Waals surface area contributed by atoms with E-state index in [1.54, 1.807) is 0 Å². The average Bonchev–Trinajstić information content (AvgIpc) is 2.89. The molecule has 0 amide bonds. The maximum Gasteiger partial charge on any atom is 0.339 e.